The number of hydrogen-bond donors (Lipinski definition) is 0. The molecule has 0 aromatic carbocycles. The number of hydrogen-bond acceptors (Lipinski definition) is 5. The number of nitrogens with zero attached hydrogens (tertiary/aromatic N) is 1. The first-order chi connectivity index (χ1) is 10.3. The van der Waals surface area contributed by atoms with Gasteiger partial charge in [-0.3, -0.25) is 9.68 Å². The van der Waals surface area contributed by atoms with Crippen LogP contribution in [-0.4, -0.2) is 39.7 Å². The zero-order chi connectivity index (χ0) is 18.1. The normalized spacial score (nSPS) is 21.0. The summed E-state index contributed by atoms with van der Waals surface area (Å²) in [6, 6.07) is 0. The maximum absolute atomic E-state index is 12.0. The maximum Gasteiger partial charge on any atom is 0.540 e. The Labute approximate surface area is 139 Å². The van der Waals surface area contributed by atoms with Gasteiger partial charge in [-0.1, -0.05) is 6.92 Å². The van der Waals surface area contributed by atoms with E-state index in [-0.39, 0.29) is 12.0 Å². The van der Waals surface area contributed by atoms with Crippen LogP contribution in [0.1, 0.15) is 74.7 Å². The molecule has 0 spiro atoms. The van der Waals surface area contributed by atoms with Gasteiger partial charge in [0.15, 0.2) is 0 Å². The minimum atomic E-state index is -0.834. The summed E-state index contributed by atoms with van der Waals surface area (Å²) in [6.07, 6.45) is 0.665. The molecule has 1 saturated heterocycles. The first-order valence-electron chi connectivity index (χ1n) is 8.18. The second-order valence-electron chi connectivity index (χ2n) is 8.16. The van der Waals surface area contributed by atoms with Crippen LogP contribution in [0.4, 0.5) is 4.79 Å². The molecule has 0 atom stereocenters. The van der Waals surface area contributed by atoms with Gasteiger partial charge in [-0.05, 0) is 48.0 Å². The minimum Gasteiger partial charge on any atom is -0.429 e. The number of piperidine rings is 1. The lowest BCUT2D eigenvalue weighted by atomic mass is 9.78. The summed E-state index contributed by atoms with van der Waals surface area (Å²) in [4.78, 5) is 35.6. The van der Waals surface area contributed by atoms with Crippen LogP contribution in [0, 0.1) is 0 Å². The fourth-order valence-electron chi connectivity index (χ4n) is 3.49. The number of rotatable bonds is 4. The van der Waals surface area contributed by atoms with Crippen molar-refractivity contribution in [1.29, 1.82) is 0 Å². The van der Waals surface area contributed by atoms with Crippen LogP contribution in [0.5, 0.6) is 0 Å². The third kappa shape index (κ3) is 5.09. The summed E-state index contributed by atoms with van der Waals surface area (Å²) < 4.78 is 5.41. The number of ether oxygens (including phenoxy) is 1. The van der Waals surface area contributed by atoms with Gasteiger partial charge in [0.25, 0.3) is 0 Å². The van der Waals surface area contributed by atoms with E-state index in [1.165, 1.54) is 0 Å². The molecule has 6 nitrogen and oxygen atoms in total. The SMILES string of the molecule is CCC(C)(C)OOC(=O)OC1CC(C)(C)N(C(C)=O)C(C)(C)C1. The van der Waals surface area contributed by atoms with E-state index in [1.807, 2.05) is 53.4 Å². The van der Waals surface area contributed by atoms with Crippen LogP contribution in [0.2, 0.25) is 0 Å². The molecule has 23 heavy (non-hydrogen) atoms. The predicted octanol–water partition coefficient (Wildman–Crippen LogP) is 3.83. The topological polar surface area (TPSA) is 65.1 Å². The van der Waals surface area contributed by atoms with Crippen molar-refractivity contribution in [2.24, 2.45) is 0 Å². The molecule has 0 bridgehead atoms. The smallest absolute Gasteiger partial charge is 0.429 e. The lowest BCUT2D eigenvalue weighted by molar-refractivity contribution is -0.320. The third-order valence-electron chi connectivity index (χ3n) is 4.43. The Bertz CT molecular complexity index is 438. The fourth-order valence-corrected chi connectivity index (χ4v) is 3.49. The molecule has 0 unspecified atom stereocenters. The Kier molecular flexibility index (Phi) is 5.73. The highest BCUT2D eigenvalue weighted by Gasteiger charge is 2.48. The van der Waals surface area contributed by atoms with Crippen LogP contribution in [0.3, 0.4) is 0 Å². The molecule has 6 heteroatoms. The second-order valence-corrected chi connectivity index (χ2v) is 8.16. The molecule has 0 radical (unpaired) electrons. The molecule has 0 aromatic rings. The van der Waals surface area contributed by atoms with Gasteiger partial charge in [-0.15, -0.1) is 0 Å². The Morgan fingerprint density at radius 1 is 1.13 bits per heavy atom. The van der Waals surface area contributed by atoms with Crippen molar-refractivity contribution in [3.8, 4) is 0 Å². The zero-order valence-electron chi connectivity index (χ0n) is 15.7. The average molecular weight is 329 g/mol. The van der Waals surface area contributed by atoms with E-state index in [4.69, 9.17) is 14.5 Å². The van der Waals surface area contributed by atoms with Gasteiger partial charge in [0.2, 0.25) is 5.91 Å². The first kappa shape index (κ1) is 19.7. The van der Waals surface area contributed by atoms with Gasteiger partial charge in [0.1, 0.15) is 11.7 Å². The molecule has 1 aliphatic rings. The van der Waals surface area contributed by atoms with Crippen molar-refractivity contribution < 1.29 is 24.1 Å². The molecular weight excluding hydrogens is 298 g/mol. The van der Waals surface area contributed by atoms with Gasteiger partial charge >= 0.3 is 6.16 Å². The summed E-state index contributed by atoms with van der Waals surface area (Å²) in [5.41, 5.74) is -1.35. The molecule has 0 N–H and O–H groups in total. The van der Waals surface area contributed by atoms with Gasteiger partial charge in [-0.25, -0.2) is 4.79 Å². The van der Waals surface area contributed by atoms with Crippen molar-refractivity contribution in [2.75, 3.05) is 0 Å². The summed E-state index contributed by atoms with van der Waals surface area (Å²) in [6.45, 7) is 15.1. The molecule has 1 amide bonds. The summed E-state index contributed by atoms with van der Waals surface area (Å²) in [5.74, 6) is 0.0223. The van der Waals surface area contributed by atoms with E-state index < -0.39 is 22.8 Å². The zero-order valence-corrected chi connectivity index (χ0v) is 15.7. The van der Waals surface area contributed by atoms with Gasteiger partial charge < -0.3 is 9.64 Å². The standard InChI is InChI=1S/C17H31NO5/c1-9-17(7,8)23-22-14(20)21-13-10-15(3,4)18(12(2)19)16(5,6)11-13/h13H,9-11H2,1-8H3. The fraction of sp³-hybridized carbons (Fsp3) is 0.882. The summed E-state index contributed by atoms with van der Waals surface area (Å²) in [7, 11) is 0. The average Bonchev–Trinajstić information content (AvgIpc) is 2.32. The van der Waals surface area contributed by atoms with E-state index >= 15 is 0 Å². The van der Waals surface area contributed by atoms with Crippen LogP contribution in [0.25, 0.3) is 0 Å². The number of carbonyl (C=O) groups is 2. The highest BCUT2D eigenvalue weighted by molar-refractivity contribution is 5.75. The molecule has 1 rings (SSSR count). The lowest BCUT2D eigenvalue weighted by Crippen LogP contribution is -2.63. The Balaban J connectivity index is 2.70. The van der Waals surface area contributed by atoms with Gasteiger partial charge in [0.05, 0.1) is 0 Å². The Morgan fingerprint density at radius 3 is 2.00 bits per heavy atom. The minimum absolute atomic E-state index is 0.0223. The van der Waals surface area contributed by atoms with Crippen LogP contribution in [-0.2, 0) is 19.3 Å². The second kappa shape index (κ2) is 6.67. The highest BCUT2D eigenvalue weighted by atomic mass is 17.2. The van der Waals surface area contributed by atoms with E-state index in [9.17, 15) is 9.59 Å². The van der Waals surface area contributed by atoms with Crippen LogP contribution >= 0.6 is 0 Å². The van der Waals surface area contributed by atoms with Crippen molar-refractivity contribution in [1.82, 2.24) is 4.90 Å². The molecule has 0 saturated carbocycles. The number of likely N-dealkylation sites (tertiary alicyclic amines) is 1. The summed E-state index contributed by atoms with van der Waals surface area (Å²) in [5, 5.41) is 0. The van der Waals surface area contributed by atoms with Gasteiger partial charge in [-0.2, -0.15) is 4.89 Å². The van der Waals surface area contributed by atoms with Crippen LogP contribution < -0.4 is 0 Å². The number of amides is 1. The Morgan fingerprint density at radius 2 is 1.61 bits per heavy atom. The maximum atomic E-state index is 12.0. The molecule has 1 aliphatic heterocycles. The molecule has 0 aromatic heterocycles. The first-order valence-corrected chi connectivity index (χ1v) is 8.18. The number of carbonyl (C=O) groups excluding carboxylic acids is 2. The molecule has 1 heterocycles. The largest absolute Gasteiger partial charge is 0.540 e. The monoisotopic (exact) mass is 329 g/mol. The third-order valence-corrected chi connectivity index (χ3v) is 4.43. The van der Waals surface area contributed by atoms with E-state index in [0.717, 1.165) is 0 Å². The lowest BCUT2D eigenvalue weighted by Gasteiger charge is -2.54. The van der Waals surface area contributed by atoms with Crippen LogP contribution in [0.15, 0.2) is 0 Å². The van der Waals surface area contributed by atoms with Gasteiger partial charge in [0, 0.05) is 30.8 Å². The van der Waals surface area contributed by atoms with E-state index in [1.54, 1.807) is 6.92 Å². The van der Waals surface area contributed by atoms with Crippen molar-refractivity contribution in [3.05, 3.63) is 0 Å². The molecule has 0 aliphatic carbocycles. The highest BCUT2D eigenvalue weighted by Crippen LogP contribution is 2.39. The van der Waals surface area contributed by atoms with Crippen molar-refractivity contribution in [2.45, 2.75) is 97.4 Å². The quantitative estimate of drug-likeness (QED) is 0.445. The van der Waals surface area contributed by atoms with E-state index in [0.29, 0.717) is 19.3 Å². The van der Waals surface area contributed by atoms with Crippen molar-refractivity contribution >= 4 is 12.1 Å². The molecule has 1 fully saturated rings. The molecular formula is C17H31NO5. The Hall–Kier alpha value is -1.30. The summed E-state index contributed by atoms with van der Waals surface area (Å²) >= 11 is 0. The predicted molar refractivity (Wildman–Crippen MR) is 86.7 cm³/mol. The molecule has 134 valence electrons. The van der Waals surface area contributed by atoms with E-state index in [2.05, 4.69) is 0 Å². The van der Waals surface area contributed by atoms with Crippen molar-refractivity contribution in [3.63, 3.8) is 0 Å².